The molecule has 3 rings (SSSR count). The van der Waals surface area contributed by atoms with Crippen molar-refractivity contribution in [1.29, 1.82) is 0 Å². The maximum atomic E-state index is 10.5. The second kappa shape index (κ2) is 4.58. The van der Waals surface area contributed by atoms with E-state index in [1.54, 1.807) is 0 Å². The quantitative estimate of drug-likeness (QED) is 0.849. The molecule has 1 aliphatic carbocycles. The summed E-state index contributed by atoms with van der Waals surface area (Å²) in [6.07, 6.45) is 1.63. The Morgan fingerprint density at radius 3 is 2.28 bits per heavy atom. The Morgan fingerprint density at radius 1 is 1.00 bits per heavy atom. The number of fused-ring (bicyclic) bond motifs is 1. The molecular weight excluding hydrogens is 220 g/mol. The molecule has 18 heavy (non-hydrogen) atoms. The summed E-state index contributed by atoms with van der Waals surface area (Å²) in [6, 6.07) is 16.7. The number of aliphatic hydroxyl groups excluding tert-OH is 1. The molecule has 2 aromatic carbocycles. The lowest BCUT2D eigenvalue weighted by Crippen LogP contribution is -2.12. The number of aliphatic hydroxyl groups is 1. The molecule has 1 unspecified atom stereocenters. The van der Waals surface area contributed by atoms with Crippen molar-refractivity contribution in [3.8, 4) is 0 Å². The first kappa shape index (κ1) is 11.5. The van der Waals surface area contributed by atoms with Crippen LogP contribution >= 0.6 is 0 Å². The first-order valence-electron chi connectivity index (χ1n) is 6.55. The van der Waals surface area contributed by atoms with Crippen LogP contribution in [0.3, 0.4) is 0 Å². The summed E-state index contributed by atoms with van der Waals surface area (Å²) in [4.78, 5) is 0. The number of aryl methyl sites for hydroxylation is 1. The average molecular weight is 238 g/mol. The first-order valence-corrected chi connectivity index (χ1v) is 6.55. The van der Waals surface area contributed by atoms with Crippen LogP contribution in [0.5, 0.6) is 0 Å². The Bertz CT molecular complexity index is 534. The van der Waals surface area contributed by atoms with Crippen LogP contribution in [0.15, 0.2) is 48.5 Å². The molecule has 0 radical (unpaired) electrons. The molecule has 1 heteroatoms. The Labute approximate surface area is 108 Å². The van der Waals surface area contributed by atoms with Gasteiger partial charge in [0.05, 0.1) is 6.10 Å². The zero-order chi connectivity index (χ0) is 12.5. The van der Waals surface area contributed by atoms with Gasteiger partial charge in [0.25, 0.3) is 0 Å². The van der Waals surface area contributed by atoms with Crippen molar-refractivity contribution < 1.29 is 5.11 Å². The van der Waals surface area contributed by atoms with E-state index in [2.05, 4.69) is 43.3 Å². The molecule has 2 aromatic rings. The van der Waals surface area contributed by atoms with Gasteiger partial charge in [0.2, 0.25) is 0 Å². The van der Waals surface area contributed by atoms with Gasteiger partial charge in [-0.15, -0.1) is 0 Å². The standard InChI is InChI=1S/C17H18O/c1-12-5-4-8-15(9-12)17(18)16-10-13-6-2-3-7-14(13)11-16/h2-9,16-18H,10-11H2,1H3. The van der Waals surface area contributed by atoms with Gasteiger partial charge in [0.15, 0.2) is 0 Å². The minimum atomic E-state index is -0.350. The number of hydrogen-bond acceptors (Lipinski definition) is 1. The van der Waals surface area contributed by atoms with Crippen LogP contribution in [0.4, 0.5) is 0 Å². The van der Waals surface area contributed by atoms with Gasteiger partial charge in [-0.1, -0.05) is 54.1 Å². The molecule has 0 saturated carbocycles. The van der Waals surface area contributed by atoms with Gasteiger partial charge in [-0.2, -0.15) is 0 Å². The van der Waals surface area contributed by atoms with Crippen molar-refractivity contribution in [2.24, 2.45) is 5.92 Å². The molecule has 0 saturated heterocycles. The minimum Gasteiger partial charge on any atom is -0.388 e. The molecule has 0 heterocycles. The second-order valence-electron chi connectivity index (χ2n) is 5.30. The molecule has 0 aromatic heterocycles. The predicted octanol–water partition coefficient (Wildman–Crippen LogP) is 3.44. The number of hydrogen-bond donors (Lipinski definition) is 1. The predicted molar refractivity (Wildman–Crippen MR) is 73.5 cm³/mol. The lowest BCUT2D eigenvalue weighted by Gasteiger charge is -2.18. The highest BCUT2D eigenvalue weighted by Gasteiger charge is 2.28. The van der Waals surface area contributed by atoms with Crippen molar-refractivity contribution in [1.82, 2.24) is 0 Å². The minimum absolute atomic E-state index is 0.323. The zero-order valence-electron chi connectivity index (χ0n) is 10.6. The van der Waals surface area contributed by atoms with Gasteiger partial charge in [-0.25, -0.2) is 0 Å². The van der Waals surface area contributed by atoms with E-state index in [4.69, 9.17) is 0 Å². The van der Waals surface area contributed by atoms with Crippen LogP contribution in [-0.4, -0.2) is 5.11 Å². The maximum Gasteiger partial charge on any atom is 0.0824 e. The summed E-state index contributed by atoms with van der Waals surface area (Å²) in [6.45, 7) is 2.07. The zero-order valence-corrected chi connectivity index (χ0v) is 10.6. The fourth-order valence-electron chi connectivity index (χ4n) is 2.94. The van der Waals surface area contributed by atoms with E-state index in [0.29, 0.717) is 5.92 Å². The van der Waals surface area contributed by atoms with E-state index in [0.717, 1.165) is 18.4 Å². The number of benzene rings is 2. The van der Waals surface area contributed by atoms with Gasteiger partial charge in [0, 0.05) is 0 Å². The van der Waals surface area contributed by atoms with Crippen LogP contribution < -0.4 is 0 Å². The van der Waals surface area contributed by atoms with E-state index in [-0.39, 0.29) is 6.10 Å². The van der Waals surface area contributed by atoms with Crippen LogP contribution in [0, 0.1) is 12.8 Å². The lowest BCUT2D eigenvalue weighted by atomic mass is 9.92. The van der Waals surface area contributed by atoms with Gasteiger partial charge in [0.1, 0.15) is 0 Å². The Balaban J connectivity index is 1.82. The van der Waals surface area contributed by atoms with Crippen molar-refractivity contribution in [2.45, 2.75) is 25.9 Å². The van der Waals surface area contributed by atoms with Gasteiger partial charge in [-0.05, 0) is 42.4 Å². The van der Waals surface area contributed by atoms with Crippen LogP contribution in [0.2, 0.25) is 0 Å². The van der Waals surface area contributed by atoms with Gasteiger partial charge < -0.3 is 5.11 Å². The van der Waals surface area contributed by atoms with Crippen LogP contribution in [0.25, 0.3) is 0 Å². The number of rotatable bonds is 2. The molecule has 1 atom stereocenters. The summed E-state index contributed by atoms with van der Waals surface area (Å²) in [5.74, 6) is 0.323. The molecule has 0 bridgehead atoms. The molecule has 0 amide bonds. The molecule has 0 aliphatic heterocycles. The summed E-state index contributed by atoms with van der Waals surface area (Å²) in [5, 5.41) is 10.5. The maximum absolute atomic E-state index is 10.5. The summed E-state index contributed by atoms with van der Waals surface area (Å²) in [7, 11) is 0. The Hall–Kier alpha value is -1.60. The summed E-state index contributed by atoms with van der Waals surface area (Å²) >= 11 is 0. The van der Waals surface area contributed by atoms with E-state index in [1.165, 1.54) is 16.7 Å². The summed E-state index contributed by atoms with van der Waals surface area (Å²) in [5.41, 5.74) is 5.05. The van der Waals surface area contributed by atoms with Crippen molar-refractivity contribution in [3.63, 3.8) is 0 Å². The Morgan fingerprint density at radius 2 is 1.67 bits per heavy atom. The van der Waals surface area contributed by atoms with Crippen LogP contribution in [0.1, 0.15) is 28.4 Å². The van der Waals surface area contributed by atoms with E-state index in [1.807, 2.05) is 12.1 Å². The third-order valence-corrected chi connectivity index (χ3v) is 3.91. The highest BCUT2D eigenvalue weighted by molar-refractivity contribution is 5.34. The van der Waals surface area contributed by atoms with E-state index >= 15 is 0 Å². The SMILES string of the molecule is Cc1cccc(C(O)C2Cc3ccccc3C2)c1. The van der Waals surface area contributed by atoms with Crippen molar-refractivity contribution in [2.75, 3.05) is 0 Å². The second-order valence-corrected chi connectivity index (χ2v) is 5.30. The fourth-order valence-corrected chi connectivity index (χ4v) is 2.94. The first-order chi connectivity index (χ1) is 8.74. The highest BCUT2D eigenvalue weighted by atomic mass is 16.3. The van der Waals surface area contributed by atoms with Crippen molar-refractivity contribution >= 4 is 0 Å². The Kier molecular flexibility index (Phi) is 2.92. The van der Waals surface area contributed by atoms with Gasteiger partial charge >= 0.3 is 0 Å². The smallest absolute Gasteiger partial charge is 0.0824 e. The van der Waals surface area contributed by atoms with Gasteiger partial charge in [-0.3, -0.25) is 0 Å². The monoisotopic (exact) mass is 238 g/mol. The molecule has 1 nitrogen and oxygen atoms in total. The third kappa shape index (κ3) is 2.06. The van der Waals surface area contributed by atoms with Crippen molar-refractivity contribution in [3.05, 3.63) is 70.8 Å². The molecular formula is C17H18O. The fraction of sp³-hybridized carbons (Fsp3) is 0.294. The molecule has 0 fully saturated rings. The topological polar surface area (TPSA) is 20.2 Å². The largest absolute Gasteiger partial charge is 0.388 e. The van der Waals surface area contributed by atoms with E-state index < -0.39 is 0 Å². The molecule has 1 aliphatic rings. The lowest BCUT2D eigenvalue weighted by molar-refractivity contribution is 0.113. The van der Waals surface area contributed by atoms with E-state index in [9.17, 15) is 5.11 Å². The van der Waals surface area contributed by atoms with Crippen LogP contribution in [-0.2, 0) is 12.8 Å². The third-order valence-electron chi connectivity index (χ3n) is 3.91. The normalized spacial score (nSPS) is 16.6. The average Bonchev–Trinajstić information content (AvgIpc) is 2.81. The molecule has 0 spiro atoms. The highest BCUT2D eigenvalue weighted by Crippen LogP contribution is 2.35. The molecule has 92 valence electrons. The summed E-state index contributed by atoms with van der Waals surface area (Å²) < 4.78 is 0. The molecule has 1 N–H and O–H groups in total.